The summed E-state index contributed by atoms with van der Waals surface area (Å²) in [6, 6.07) is 11.8. The van der Waals surface area contributed by atoms with Gasteiger partial charge in [0.1, 0.15) is 5.54 Å². The van der Waals surface area contributed by atoms with Gasteiger partial charge in [0, 0.05) is 32.0 Å². The summed E-state index contributed by atoms with van der Waals surface area (Å²) >= 11 is 0. The van der Waals surface area contributed by atoms with Crippen molar-refractivity contribution in [1.82, 2.24) is 25.4 Å². The molecule has 1 spiro atoms. The van der Waals surface area contributed by atoms with Crippen molar-refractivity contribution in [3.63, 3.8) is 0 Å². The lowest BCUT2D eigenvalue weighted by atomic mass is 9.75. The number of amides is 3. The summed E-state index contributed by atoms with van der Waals surface area (Å²) < 4.78 is 0. The first-order chi connectivity index (χ1) is 18.4. The summed E-state index contributed by atoms with van der Waals surface area (Å²) in [6.45, 7) is 6.74. The lowest BCUT2D eigenvalue weighted by Crippen LogP contribution is -2.60. The van der Waals surface area contributed by atoms with E-state index in [0.29, 0.717) is 38.5 Å². The molecule has 0 radical (unpaired) electrons. The number of carbonyl (C=O) groups excluding carboxylic acids is 3. The molecule has 2 heterocycles. The average molecular weight is 520 g/mol. The van der Waals surface area contributed by atoms with E-state index in [0.717, 1.165) is 48.8 Å². The van der Waals surface area contributed by atoms with Gasteiger partial charge >= 0.3 is 0 Å². The lowest BCUT2D eigenvalue weighted by molar-refractivity contribution is -0.140. The molecule has 1 aliphatic heterocycles. The first kappa shape index (κ1) is 27.8. The molecule has 2 N–H and O–H groups in total. The van der Waals surface area contributed by atoms with Crippen molar-refractivity contribution in [1.29, 1.82) is 0 Å². The minimum absolute atomic E-state index is 0.0655. The number of nitrogens with zero attached hydrogens (tertiary/aromatic N) is 3. The summed E-state index contributed by atoms with van der Waals surface area (Å²) in [7, 11) is 0. The minimum atomic E-state index is -1.12. The molecule has 4 rings (SSSR count). The number of benzene rings is 1. The number of aryl methyl sites for hydroxylation is 1. The highest BCUT2D eigenvalue weighted by molar-refractivity contribution is 5.94. The Kier molecular flexibility index (Phi) is 9.50. The van der Waals surface area contributed by atoms with Crippen molar-refractivity contribution in [3.05, 3.63) is 65.5 Å². The molecule has 1 aromatic carbocycles. The molecule has 2 aromatic rings. The third-order valence-corrected chi connectivity index (χ3v) is 7.55. The summed E-state index contributed by atoms with van der Waals surface area (Å²) in [5.74, 6) is -0.135. The van der Waals surface area contributed by atoms with Crippen molar-refractivity contribution in [2.75, 3.05) is 32.7 Å². The van der Waals surface area contributed by atoms with E-state index in [1.165, 1.54) is 0 Å². The molecular weight excluding hydrogens is 478 g/mol. The van der Waals surface area contributed by atoms with E-state index >= 15 is 0 Å². The predicted octanol–water partition coefficient (Wildman–Crippen LogP) is 3.02. The number of nitrogens with one attached hydrogen (secondary N) is 2. The highest BCUT2D eigenvalue weighted by Crippen LogP contribution is 2.36. The number of aromatic nitrogens is 1. The minimum Gasteiger partial charge on any atom is -0.354 e. The molecule has 0 saturated carbocycles. The third kappa shape index (κ3) is 6.98. The molecule has 1 saturated heterocycles. The summed E-state index contributed by atoms with van der Waals surface area (Å²) in [6.07, 6.45) is 8.22. The summed E-state index contributed by atoms with van der Waals surface area (Å²) in [4.78, 5) is 48.8. The van der Waals surface area contributed by atoms with Gasteiger partial charge in [-0.1, -0.05) is 44.2 Å². The van der Waals surface area contributed by atoms with E-state index in [1.807, 2.05) is 42.6 Å². The fraction of sp³-hybridized carbons (Fsp3) is 0.533. The van der Waals surface area contributed by atoms with Crippen LogP contribution in [0.5, 0.6) is 0 Å². The number of hydrogen-bond acceptors (Lipinski definition) is 5. The van der Waals surface area contributed by atoms with Gasteiger partial charge in [-0.25, -0.2) is 0 Å². The number of rotatable bonds is 5. The SMILES string of the molecule is CC(C)CCN1CC(=O)NC2(CCCc3ccccc32)C(=O)NCCCCN(Cc2cccnc2)CC1=O. The molecule has 1 aliphatic carbocycles. The van der Waals surface area contributed by atoms with Gasteiger partial charge in [-0.3, -0.25) is 24.3 Å². The first-order valence-electron chi connectivity index (χ1n) is 13.9. The Morgan fingerprint density at radius 2 is 1.87 bits per heavy atom. The largest absolute Gasteiger partial charge is 0.354 e. The molecule has 2 aliphatic rings. The Morgan fingerprint density at radius 3 is 2.66 bits per heavy atom. The van der Waals surface area contributed by atoms with Gasteiger partial charge in [0.15, 0.2) is 0 Å². The highest BCUT2D eigenvalue weighted by Gasteiger charge is 2.44. The van der Waals surface area contributed by atoms with E-state index < -0.39 is 5.54 Å². The number of fused-ring (bicyclic) bond motifs is 2. The van der Waals surface area contributed by atoms with Crippen molar-refractivity contribution in [2.24, 2.45) is 5.92 Å². The van der Waals surface area contributed by atoms with Crippen LogP contribution in [0.25, 0.3) is 0 Å². The highest BCUT2D eigenvalue weighted by atomic mass is 16.2. The van der Waals surface area contributed by atoms with Crippen LogP contribution >= 0.6 is 0 Å². The van der Waals surface area contributed by atoms with Gasteiger partial charge in [-0.05, 0) is 73.7 Å². The molecule has 1 aromatic heterocycles. The zero-order valence-electron chi connectivity index (χ0n) is 22.7. The predicted molar refractivity (Wildman–Crippen MR) is 147 cm³/mol. The fourth-order valence-corrected chi connectivity index (χ4v) is 5.48. The van der Waals surface area contributed by atoms with Gasteiger partial charge in [-0.15, -0.1) is 0 Å². The van der Waals surface area contributed by atoms with Gasteiger partial charge < -0.3 is 15.5 Å². The van der Waals surface area contributed by atoms with Crippen LogP contribution < -0.4 is 10.6 Å². The van der Waals surface area contributed by atoms with Crippen LogP contribution in [0, 0.1) is 5.92 Å². The van der Waals surface area contributed by atoms with Gasteiger partial charge in [0.05, 0.1) is 13.1 Å². The summed E-state index contributed by atoms with van der Waals surface area (Å²) in [5, 5.41) is 6.24. The van der Waals surface area contributed by atoms with Gasteiger partial charge in [0.25, 0.3) is 0 Å². The maximum absolute atomic E-state index is 13.7. The molecule has 38 heavy (non-hydrogen) atoms. The lowest BCUT2D eigenvalue weighted by Gasteiger charge is -2.39. The maximum atomic E-state index is 13.7. The monoisotopic (exact) mass is 519 g/mol. The molecule has 0 bridgehead atoms. The zero-order chi connectivity index (χ0) is 27.0. The van der Waals surface area contributed by atoms with Gasteiger partial charge in [0.2, 0.25) is 17.7 Å². The molecular formula is C30H41N5O3. The zero-order valence-corrected chi connectivity index (χ0v) is 22.7. The van der Waals surface area contributed by atoms with Crippen molar-refractivity contribution >= 4 is 17.7 Å². The molecule has 204 valence electrons. The Balaban J connectivity index is 1.59. The van der Waals surface area contributed by atoms with Crippen molar-refractivity contribution < 1.29 is 14.4 Å². The average Bonchev–Trinajstić information content (AvgIpc) is 2.90. The summed E-state index contributed by atoms with van der Waals surface area (Å²) in [5.41, 5.74) is 1.88. The topological polar surface area (TPSA) is 94.6 Å². The second-order valence-corrected chi connectivity index (χ2v) is 11.0. The van der Waals surface area contributed by atoms with Crippen LogP contribution in [0.3, 0.4) is 0 Å². The Hall–Kier alpha value is -3.26. The number of carbonyl (C=O) groups is 3. The molecule has 1 unspecified atom stereocenters. The van der Waals surface area contributed by atoms with E-state index in [9.17, 15) is 14.4 Å². The second-order valence-electron chi connectivity index (χ2n) is 11.0. The van der Waals surface area contributed by atoms with Crippen LogP contribution in [0.4, 0.5) is 0 Å². The smallest absolute Gasteiger partial charge is 0.250 e. The van der Waals surface area contributed by atoms with Crippen molar-refractivity contribution in [2.45, 2.75) is 64.5 Å². The molecule has 8 heteroatoms. The molecule has 3 amide bonds. The second kappa shape index (κ2) is 13.0. The van der Waals surface area contributed by atoms with Crippen LogP contribution in [-0.4, -0.2) is 65.2 Å². The van der Waals surface area contributed by atoms with E-state index in [4.69, 9.17) is 0 Å². The third-order valence-electron chi connectivity index (χ3n) is 7.55. The fourth-order valence-electron chi connectivity index (χ4n) is 5.48. The maximum Gasteiger partial charge on any atom is 0.250 e. The van der Waals surface area contributed by atoms with E-state index in [2.05, 4.69) is 34.4 Å². The number of pyridine rings is 1. The Morgan fingerprint density at radius 1 is 1.03 bits per heavy atom. The van der Waals surface area contributed by atoms with E-state index in [-0.39, 0.29) is 30.8 Å². The quantitative estimate of drug-likeness (QED) is 0.633. The Bertz CT molecular complexity index is 1110. The van der Waals surface area contributed by atoms with Crippen molar-refractivity contribution in [3.8, 4) is 0 Å². The van der Waals surface area contributed by atoms with Crippen LogP contribution in [0.15, 0.2) is 48.8 Å². The Labute approximate surface area is 226 Å². The molecule has 1 fully saturated rings. The standard InChI is InChI=1S/C30H41N5O3/c1-23(2)13-18-35-21-27(36)33-30(14-7-11-25-10-3-4-12-26(25)30)29(38)32-16-5-6-17-34(22-28(35)37)20-24-9-8-15-31-19-24/h3-4,8-10,12,15,19,23H,5-7,11,13-14,16-18,20-22H2,1-2H3,(H,32,38)(H,33,36). The van der Waals surface area contributed by atoms with Crippen LogP contribution in [-0.2, 0) is 32.9 Å². The first-order valence-corrected chi connectivity index (χ1v) is 13.9. The van der Waals surface area contributed by atoms with Crippen LogP contribution in [0.2, 0.25) is 0 Å². The normalized spacial score (nSPS) is 22.1. The van der Waals surface area contributed by atoms with Crippen LogP contribution in [0.1, 0.15) is 62.6 Å². The number of hydrogen-bond donors (Lipinski definition) is 2. The van der Waals surface area contributed by atoms with Gasteiger partial charge in [-0.2, -0.15) is 0 Å². The van der Waals surface area contributed by atoms with E-state index in [1.54, 1.807) is 11.1 Å². The molecule has 1 atom stereocenters. The molecule has 8 nitrogen and oxygen atoms in total.